The van der Waals surface area contributed by atoms with Gasteiger partial charge in [0.25, 0.3) is 0 Å². The monoisotopic (exact) mass is 216 g/mol. The highest BCUT2D eigenvalue weighted by Crippen LogP contribution is 2.06. The lowest BCUT2D eigenvalue weighted by Crippen LogP contribution is -2.47. The van der Waals surface area contributed by atoms with Crippen LogP contribution in [-0.2, 0) is 9.53 Å². The van der Waals surface area contributed by atoms with Crippen molar-refractivity contribution in [2.24, 2.45) is 0 Å². The summed E-state index contributed by atoms with van der Waals surface area (Å²) in [5, 5.41) is 0. The van der Waals surface area contributed by atoms with Gasteiger partial charge in [0.1, 0.15) is 6.54 Å². The van der Waals surface area contributed by atoms with Gasteiger partial charge in [-0.2, -0.15) is 0 Å². The molecule has 0 spiro atoms. The minimum Gasteiger partial charge on any atom is -0.468 e. The molecular weight excluding hydrogens is 196 g/mol. The van der Waals surface area contributed by atoms with Crippen molar-refractivity contribution < 1.29 is 14.3 Å². The maximum atomic E-state index is 11.7. The Bertz CT molecular complexity index is 229. The third-order valence-corrected chi connectivity index (χ3v) is 2.28. The summed E-state index contributed by atoms with van der Waals surface area (Å²) in [5.74, 6) is -0.398. The molecule has 2 amide bonds. The first-order chi connectivity index (χ1) is 6.93. The van der Waals surface area contributed by atoms with E-state index in [1.807, 2.05) is 13.8 Å². The summed E-state index contributed by atoms with van der Waals surface area (Å²) in [6.07, 6.45) is 0.802. The van der Waals surface area contributed by atoms with Gasteiger partial charge in [-0.25, -0.2) is 4.79 Å². The van der Waals surface area contributed by atoms with Gasteiger partial charge in [-0.15, -0.1) is 0 Å². The van der Waals surface area contributed by atoms with Gasteiger partial charge < -0.3 is 14.5 Å². The zero-order valence-corrected chi connectivity index (χ0v) is 10.1. The largest absolute Gasteiger partial charge is 0.468 e. The van der Waals surface area contributed by atoms with Crippen LogP contribution in [0.25, 0.3) is 0 Å². The summed E-state index contributed by atoms with van der Waals surface area (Å²) >= 11 is 0. The Kier molecular flexibility index (Phi) is 5.74. The Labute approximate surface area is 91.0 Å². The van der Waals surface area contributed by atoms with Crippen LogP contribution < -0.4 is 0 Å². The maximum Gasteiger partial charge on any atom is 0.325 e. The average molecular weight is 216 g/mol. The van der Waals surface area contributed by atoms with Crippen LogP contribution in [0, 0.1) is 0 Å². The van der Waals surface area contributed by atoms with Gasteiger partial charge in [0, 0.05) is 20.1 Å². The van der Waals surface area contributed by atoms with E-state index in [2.05, 4.69) is 4.74 Å². The number of amides is 2. The number of esters is 1. The number of hydrogen-bond acceptors (Lipinski definition) is 3. The van der Waals surface area contributed by atoms with E-state index in [0.29, 0.717) is 0 Å². The minimum atomic E-state index is -0.398. The number of rotatable bonds is 4. The lowest BCUT2D eigenvalue weighted by Gasteiger charge is -2.30. The molecule has 0 saturated carbocycles. The summed E-state index contributed by atoms with van der Waals surface area (Å²) in [5.41, 5.74) is 0. The molecule has 0 aliphatic heterocycles. The van der Waals surface area contributed by atoms with E-state index in [4.69, 9.17) is 0 Å². The molecule has 0 heterocycles. The third-order valence-electron chi connectivity index (χ3n) is 2.28. The fourth-order valence-electron chi connectivity index (χ4n) is 1.09. The van der Waals surface area contributed by atoms with Crippen molar-refractivity contribution in [3.8, 4) is 0 Å². The van der Waals surface area contributed by atoms with Crippen molar-refractivity contribution in [1.29, 1.82) is 0 Å². The lowest BCUT2D eigenvalue weighted by molar-refractivity contribution is -0.141. The molecular formula is C10H20N2O3. The van der Waals surface area contributed by atoms with E-state index in [1.54, 1.807) is 14.1 Å². The number of hydrogen-bond donors (Lipinski definition) is 0. The molecule has 0 aliphatic carbocycles. The Balaban J connectivity index is 4.58. The number of carbonyl (C=O) groups is 2. The van der Waals surface area contributed by atoms with E-state index < -0.39 is 5.97 Å². The maximum absolute atomic E-state index is 11.7. The van der Waals surface area contributed by atoms with Crippen molar-refractivity contribution >= 4 is 12.0 Å². The Morgan fingerprint density at radius 1 is 1.33 bits per heavy atom. The highest BCUT2D eigenvalue weighted by molar-refractivity contribution is 5.80. The minimum absolute atomic E-state index is 0.00250. The summed E-state index contributed by atoms with van der Waals surface area (Å²) in [6, 6.07) is -0.145. The molecule has 5 nitrogen and oxygen atoms in total. The molecule has 0 aromatic heterocycles. The second-order valence-electron chi connectivity index (χ2n) is 3.64. The number of ether oxygens (including phenoxy) is 1. The van der Waals surface area contributed by atoms with E-state index in [0.717, 1.165) is 6.42 Å². The Morgan fingerprint density at radius 2 is 1.87 bits per heavy atom. The van der Waals surface area contributed by atoms with Crippen LogP contribution >= 0.6 is 0 Å². The SMILES string of the molecule is CC[C@@H](C)N(CC(=O)OC)C(=O)N(C)C. The van der Waals surface area contributed by atoms with Gasteiger partial charge in [0.05, 0.1) is 7.11 Å². The van der Waals surface area contributed by atoms with Gasteiger partial charge in [-0.05, 0) is 13.3 Å². The fraction of sp³-hybridized carbons (Fsp3) is 0.800. The lowest BCUT2D eigenvalue weighted by atomic mass is 10.2. The Morgan fingerprint density at radius 3 is 2.20 bits per heavy atom. The molecule has 0 rings (SSSR count). The Hall–Kier alpha value is -1.26. The van der Waals surface area contributed by atoms with Crippen LogP contribution in [0.3, 0.4) is 0 Å². The third kappa shape index (κ3) is 4.18. The van der Waals surface area contributed by atoms with Crippen molar-refractivity contribution in [2.45, 2.75) is 26.3 Å². The quantitative estimate of drug-likeness (QED) is 0.657. The normalized spacial score (nSPS) is 11.8. The van der Waals surface area contributed by atoms with Gasteiger partial charge >= 0.3 is 12.0 Å². The van der Waals surface area contributed by atoms with Crippen molar-refractivity contribution in [3.63, 3.8) is 0 Å². The number of methoxy groups -OCH3 is 1. The van der Waals surface area contributed by atoms with Gasteiger partial charge in [0.15, 0.2) is 0 Å². The van der Waals surface area contributed by atoms with Crippen LogP contribution in [0.15, 0.2) is 0 Å². The van der Waals surface area contributed by atoms with Gasteiger partial charge in [0.2, 0.25) is 0 Å². The summed E-state index contributed by atoms with van der Waals surface area (Å²) in [6.45, 7) is 3.88. The van der Waals surface area contributed by atoms with E-state index in [1.165, 1.54) is 16.9 Å². The molecule has 0 fully saturated rings. The van der Waals surface area contributed by atoms with Crippen LogP contribution in [0.1, 0.15) is 20.3 Å². The molecule has 0 aliphatic rings. The fourth-order valence-corrected chi connectivity index (χ4v) is 1.09. The molecule has 0 saturated heterocycles. The zero-order chi connectivity index (χ0) is 12.0. The van der Waals surface area contributed by atoms with Gasteiger partial charge in [-0.3, -0.25) is 4.79 Å². The first-order valence-corrected chi connectivity index (χ1v) is 4.98. The smallest absolute Gasteiger partial charge is 0.325 e. The molecule has 0 aromatic rings. The molecule has 15 heavy (non-hydrogen) atoms. The molecule has 88 valence electrons. The highest BCUT2D eigenvalue weighted by Gasteiger charge is 2.23. The first-order valence-electron chi connectivity index (χ1n) is 4.98. The van der Waals surface area contributed by atoms with Gasteiger partial charge in [-0.1, -0.05) is 6.92 Å². The highest BCUT2D eigenvalue weighted by atomic mass is 16.5. The van der Waals surface area contributed by atoms with Crippen molar-refractivity contribution in [2.75, 3.05) is 27.7 Å². The first kappa shape index (κ1) is 13.7. The molecule has 1 atom stereocenters. The average Bonchev–Trinajstić information content (AvgIpc) is 2.23. The molecule has 0 N–H and O–H groups in total. The summed E-state index contributed by atoms with van der Waals surface area (Å²) in [4.78, 5) is 25.8. The molecule has 5 heteroatoms. The zero-order valence-electron chi connectivity index (χ0n) is 10.1. The van der Waals surface area contributed by atoms with Crippen LogP contribution in [0.4, 0.5) is 4.79 Å². The number of urea groups is 1. The van der Waals surface area contributed by atoms with Crippen LogP contribution in [-0.4, -0.2) is 55.6 Å². The topological polar surface area (TPSA) is 49.9 Å². The number of nitrogens with zero attached hydrogens (tertiary/aromatic N) is 2. The second-order valence-corrected chi connectivity index (χ2v) is 3.64. The molecule has 0 bridgehead atoms. The molecule has 0 aromatic carbocycles. The van der Waals surface area contributed by atoms with Crippen molar-refractivity contribution in [1.82, 2.24) is 9.80 Å². The summed E-state index contributed by atoms with van der Waals surface area (Å²) < 4.78 is 4.55. The standard InChI is InChI=1S/C10H20N2O3/c1-6-8(2)12(7-9(13)15-5)10(14)11(3)4/h8H,6-7H2,1-5H3/t8-/m1/s1. The molecule has 0 unspecified atom stereocenters. The van der Waals surface area contributed by atoms with Crippen molar-refractivity contribution in [3.05, 3.63) is 0 Å². The predicted molar refractivity (Wildman–Crippen MR) is 57.6 cm³/mol. The predicted octanol–water partition coefficient (Wildman–Crippen LogP) is 0.942. The van der Waals surface area contributed by atoms with E-state index in [-0.39, 0.29) is 18.6 Å². The summed E-state index contributed by atoms with van der Waals surface area (Å²) in [7, 11) is 4.64. The molecule has 0 radical (unpaired) electrons. The number of carbonyl (C=O) groups excluding carboxylic acids is 2. The van der Waals surface area contributed by atoms with E-state index in [9.17, 15) is 9.59 Å². The second kappa shape index (κ2) is 6.27. The van der Waals surface area contributed by atoms with E-state index >= 15 is 0 Å². The van der Waals surface area contributed by atoms with Crippen LogP contribution in [0.2, 0.25) is 0 Å². The van der Waals surface area contributed by atoms with Crippen LogP contribution in [0.5, 0.6) is 0 Å².